The lowest BCUT2D eigenvalue weighted by Gasteiger charge is -2.33. The van der Waals surface area contributed by atoms with Crippen LogP contribution in [0.2, 0.25) is 0 Å². The van der Waals surface area contributed by atoms with E-state index < -0.39 is 0 Å². The van der Waals surface area contributed by atoms with Crippen molar-refractivity contribution in [2.75, 3.05) is 0 Å². The van der Waals surface area contributed by atoms with E-state index in [1.807, 2.05) is 24.3 Å². The zero-order valence-electron chi connectivity index (χ0n) is 46.2. The molecule has 0 bridgehead atoms. The summed E-state index contributed by atoms with van der Waals surface area (Å²) in [6.07, 6.45) is 35.1. The molecule has 0 aromatic heterocycles. The fraction of sp³-hybridized carbons (Fsp3) is 0.472. The van der Waals surface area contributed by atoms with Crippen molar-refractivity contribution in [2.45, 2.75) is 218 Å². The van der Waals surface area contributed by atoms with E-state index in [0.717, 1.165) is 47.9 Å². The normalized spacial score (nSPS) is 14.4. The van der Waals surface area contributed by atoms with Crippen LogP contribution in [0.25, 0.3) is 44.5 Å². The van der Waals surface area contributed by atoms with Gasteiger partial charge in [-0.3, -0.25) is 9.59 Å². The van der Waals surface area contributed by atoms with Gasteiger partial charge in [0, 0.05) is 33.1 Å². The highest BCUT2D eigenvalue weighted by Gasteiger charge is 2.45. The summed E-state index contributed by atoms with van der Waals surface area (Å²) < 4.78 is 0. The summed E-state index contributed by atoms with van der Waals surface area (Å²) >= 11 is 0. The van der Waals surface area contributed by atoms with Crippen molar-refractivity contribution in [3.05, 3.63) is 166 Å². The van der Waals surface area contributed by atoms with Crippen LogP contribution in [0.15, 0.2) is 121 Å². The number of benzene rings is 6. The molecule has 2 heteroatoms. The quantitative estimate of drug-likeness (QED) is 0.0421. The fourth-order valence-electron chi connectivity index (χ4n) is 14.1. The summed E-state index contributed by atoms with van der Waals surface area (Å²) in [5, 5.41) is 0. The molecule has 0 amide bonds. The van der Waals surface area contributed by atoms with Gasteiger partial charge in [0.05, 0.1) is 0 Å². The minimum atomic E-state index is -0.0939. The Labute approximate surface area is 447 Å². The summed E-state index contributed by atoms with van der Waals surface area (Å²) in [5.74, 6) is -0.0920. The van der Waals surface area contributed by atoms with E-state index >= 15 is 9.59 Å². The van der Waals surface area contributed by atoms with Crippen molar-refractivity contribution >= 4 is 11.6 Å². The number of fused-ring (bicyclic) bond motifs is 8. The highest BCUT2D eigenvalue weighted by Crippen LogP contribution is 2.57. The number of rotatable bonds is 30. The number of hydrogen-bond donors (Lipinski definition) is 0. The molecule has 0 atom stereocenters. The summed E-state index contributed by atoms with van der Waals surface area (Å²) in [6.45, 7) is 9.21. The van der Waals surface area contributed by atoms with Crippen LogP contribution in [0.5, 0.6) is 0 Å². The Balaban J connectivity index is 1.15. The summed E-state index contributed by atoms with van der Waals surface area (Å²) in [5.41, 5.74) is 17.0. The van der Waals surface area contributed by atoms with E-state index in [9.17, 15) is 0 Å². The van der Waals surface area contributed by atoms with Crippen molar-refractivity contribution in [3.8, 4) is 44.5 Å². The molecule has 0 N–H and O–H groups in total. The lowest BCUT2D eigenvalue weighted by molar-refractivity contribution is 0.0980. The second kappa shape index (κ2) is 25.5. The molecule has 9 rings (SSSR count). The van der Waals surface area contributed by atoms with Gasteiger partial charge in [-0.2, -0.15) is 0 Å². The second-order valence-electron chi connectivity index (χ2n) is 23.0. The predicted octanol–water partition coefficient (Wildman–Crippen LogP) is 21.3. The molecule has 2 nitrogen and oxygen atoms in total. The molecule has 74 heavy (non-hydrogen) atoms. The minimum Gasteiger partial charge on any atom is -0.289 e. The Morgan fingerprint density at radius 1 is 0.270 bits per heavy atom. The van der Waals surface area contributed by atoms with Gasteiger partial charge in [0.2, 0.25) is 0 Å². The molecule has 0 saturated carbocycles. The molecule has 0 radical (unpaired) electrons. The van der Waals surface area contributed by atoms with Gasteiger partial charge in [-0.05, 0) is 105 Å². The summed E-state index contributed by atoms with van der Waals surface area (Å²) in [4.78, 5) is 30.8. The molecule has 6 aromatic carbocycles. The van der Waals surface area contributed by atoms with Crippen molar-refractivity contribution in [1.29, 1.82) is 0 Å². The largest absolute Gasteiger partial charge is 0.289 e. The van der Waals surface area contributed by atoms with E-state index in [2.05, 4.69) is 125 Å². The summed E-state index contributed by atoms with van der Waals surface area (Å²) in [7, 11) is 0. The molecule has 3 aliphatic carbocycles. The molecule has 0 unspecified atom stereocenters. The van der Waals surface area contributed by atoms with E-state index in [1.54, 1.807) is 0 Å². The topological polar surface area (TPSA) is 34.1 Å². The fourth-order valence-corrected chi connectivity index (χ4v) is 14.1. The maximum Gasteiger partial charge on any atom is 0.195 e. The Bertz CT molecular complexity index is 2630. The first-order valence-electron chi connectivity index (χ1n) is 30.3. The van der Waals surface area contributed by atoms with Crippen LogP contribution in [0, 0.1) is 0 Å². The molecular formula is C72H88O2. The van der Waals surface area contributed by atoms with Crippen LogP contribution in [0.3, 0.4) is 0 Å². The Morgan fingerprint density at radius 3 is 0.878 bits per heavy atom. The molecule has 0 spiro atoms. The maximum atomic E-state index is 15.4. The van der Waals surface area contributed by atoms with Crippen LogP contribution in [-0.4, -0.2) is 11.6 Å². The van der Waals surface area contributed by atoms with Crippen molar-refractivity contribution in [1.82, 2.24) is 0 Å². The van der Waals surface area contributed by atoms with Gasteiger partial charge in [0.1, 0.15) is 0 Å². The van der Waals surface area contributed by atoms with Crippen LogP contribution < -0.4 is 0 Å². The summed E-state index contributed by atoms with van der Waals surface area (Å²) in [6, 6.07) is 44.5. The molecule has 388 valence electrons. The van der Waals surface area contributed by atoms with Crippen LogP contribution in [0.1, 0.15) is 262 Å². The Hall–Kier alpha value is -5.34. The maximum absolute atomic E-state index is 15.4. The van der Waals surface area contributed by atoms with E-state index in [0.29, 0.717) is 22.3 Å². The van der Waals surface area contributed by atoms with Gasteiger partial charge < -0.3 is 0 Å². The lowest BCUT2D eigenvalue weighted by atomic mass is 9.69. The highest BCUT2D eigenvalue weighted by atomic mass is 16.1. The molecule has 3 aliphatic rings. The van der Waals surface area contributed by atoms with E-state index in [-0.39, 0.29) is 22.4 Å². The number of unbranched alkanes of at least 4 members (excludes halogenated alkanes) is 20. The third kappa shape index (κ3) is 10.9. The van der Waals surface area contributed by atoms with Crippen molar-refractivity contribution < 1.29 is 9.59 Å². The number of carbonyl (C=O) groups is 2. The second-order valence-corrected chi connectivity index (χ2v) is 23.0. The molecule has 0 heterocycles. The van der Waals surface area contributed by atoms with Gasteiger partial charge >= 0.3 is 0 Å². The first kappa shape index (κ1) is 53.5. The first-order valence-corrected chi connectivity index (χ1v) is 30.3. The Kier molecular flexibility index (Phi) is 18.4. The molecule has 0 aliphatic heterocycles. The average Bonchev–Trinajstić information content (AvgIpc) is 3.87. The standard InChI is InChI=1S/C72H88O2/c1-5-9-13-17-21-31-47-71(48-32-22-18-14-10-6-2)63-39-29-27-35-57(63)59-43-41-53(51-65(59)71)55-45-46-56(68-67(55)69(73)61-37-25-26-38-62(61)70(68)74)54-42-44-60-58-36-28-30-40-64(58)72(66(60)52-54,49-33-23-19-15-11-7-3)50-34-24-20-16-12-8-4/h25-30,35-46,51-52H,5-24,31-34,47-50H2,1-4H3. The highest BCUT2D eigenvalue weighted by molar-refractivity contribution is 6.32. The van der Waals surface area contributed by atoms with Crippen LogP contribution in [-0.2, 0) is 10.8 Å². The Morgan fingerprint density at radius 2 is 0.541 bits per heavy atom. The van der Waals surface area contributed by atoms with Crippen LogP contribution in [0.4, 0.5) is 0 Å². The zero-order chi connectivity index (χ0) is 51.3. The molecule has 0 fully saturated rings. The van der Waals surface area contributed by atoms with Gasteiger partial charge in [0.15, 0.2) is 11.6 Å². The number of hydrogen-bond acceptors (Lipinski definition) is 2. The SMILES string of the molecule is CCCCCCCCC1(CCCCCCCC)c2ccccc2-c2ccc(-c3ccc(-c4ccc5c(c4)C(CCCCCCCC)(CCCCCCCC)c4ccccc4-5)c4c3C(=O)c3ccccc3C4=O)cc21. The van der Waals surface area contributed by atoms with E-state index in [4.69, 9.17) is 0 Å². The minimum absolute atomic E-state index is 0.0460. The molecule has 0 saturated heterocycles. The third-order valence-electron chi connectivity index (χ3n) is 18.1. The molecule has 6 aromatic rings. The predicted molar refractivity (Wildman–Crippen MR) is 315 cm³/mol. The molecular weight excluding hydrogens is 897 g/mol. The zero-order valence-corrected chi connectivity index (χ0v) is 46.2. The first-order chi connectivity index (χ1) is 36.4. The van der Waals surface area contributed by atoms with Crippen LogP contribution >= 0.6 is 0 Å². The number of ketones is 2. The smallest absolute Gasteiger partial charge is 0.195 e. The average molecular weight is 985 g/mol. The van der Waals surface area contributed by atoms with Gasteiger partial charge in [-0.25, -0.2) is 0 Å². The monoisotopic (exact) mass is 985 g/mol. The van der Waals surface area contributed by atoms with Crippen molar-refractivity contribution in [2.24, 2.45) is 0 Å². The van der Waals surface area contributed by atoms with Gasteiger partial charge in [0.25, 0.3) is 0 Å². The third-order valence-corrected chi connectivity index (χ3v) is 18.1. The van der Waals surface area contributed by atoms with Gasteiger partial charge in [-0.15, -0.1) is 0 Å². The van der Waals surface area contributed by atoms with Crippen molar-refractivity contribution in [3.63, 3.8) is 0 Å². The van der Waals surface area contributed by atoms with E-state index in [1.165, 1.54) is 199 Å². The van der Waals surface area contributed by atoms with Gasteiger partial charge in [-0.1, -0.05) is 291 Å². The lowest BCUT2D eigenvalue weighted by Crippen LogP contribution is -2.26. The number of carbonyl (C=O) groups excluding carboxylic acids is 2.